The number of benzene rings is 3. The van der Waals surface area contributed by atoms with Crippen LogP contribution in [0.3, 0.4) is 0 Å². The monoisotopic (exact) mass is 739 g/mol. The highest BCUT2D eigenvalue weighted by atomic mass is 127. The largest absolute Gasteiger partial charge is 0.508 e. The zero-order valence-corrected chi connectivity index (χ0v) is 24.5. The summed E-state index contributed by atoms with van der Waals surface area (Å²) in [6.45, 7) is 1.58. The fourth-order valence-corrected chi connectivity index (χ4v) is 5.99. The SMILES string of the molecule is CCCCc1oc2ccc(NC(=O)c3ccc(O)cc3)cc2c1C(=O)c1cc(I)c(OCC(=O)O)c(I)c1. The van der Waals surface area contributed by atoms with Gasteiger partial charge in [0.05, 0.1) is 12.7 Å². The highest BCUT2D eigenvalue weighted by molar-refractivity contribution is 14.1. The Morgan fingerprint density at radius 2 is 1.66 bits per heavy atom. The van der Waals surface area contributed by atoms with Gasteiger partial charge in [0.1, 0.15) is 22.8 Å². The second kappa shape index (κ2) is 12.2. The zero-order valence-electron chi connectivity index (χ0n) is 20.2. The van der Waals surface area contributed by atoms with Crippen molar-refractivity contribution in [2.45, 2.75) is 26.2 Å². The summed E-state index contributed by atoms with van der Waals surface area (Å²) >= 11 is 4.05. The van der Waals surface area contributed by atoms with Crippen molar-refractivity contribution in [1.82, 2.24) is 0 Å². The van der Waals surface area contributed by atoms with Gasteiger partial charge in [0.15, 0.2) is 12.4 Å². The topological polar surface area (TPSA) is 126 Å². The third-order valence-electron chi connectivity index (χ3n) is 5.73. The molecular weight excluding hydrogens is 716 g/mol. The molecule has 0 radical (unpaired) electrons. The number of aryl methyl sites for hydroxylation is 1. The standard InChI is InChI=1S/C28H23I2NO7/c1-2-3-4-23-25(26(35)16-11-20(29)27(21(30)12-16)37-14-24(33)34)19-13-17(7-10-22(19)38-23)31-28(36)15-5-8-18(32)9-6-15/h5-13,32H,2-4,14H2,1H3,(H,31,36)(H,33,34). The lowest BCUT2D eigenvalue weighted by Crippen LogP contribution is -2.12. The van der Waals surface area contributed by atoms with E-state index < -0.39 is 12.6 Å². The van der Waals surface area contributed by atoms with E-state index in [9.17, 15) is 19.5 Å². The number of furan rings is 1. The number of carboxylic acid groups (broad SMARTS) is 1. The zero-order chi connectivity index (χ0) is 27.4. The van der Waals surface area contributed by atoms with Crippen LogP contribution in [0, 0.1) is 7.14 Å². The second-order valence-corrected chi connectivity index (χ2v) is 10.8. The number of amides is 1. The summed E-state index contributed by atoms with van der Waals surface area (Å²) in [5, 5.41) is 21.8. The Hall–Kier alpha value is -3.13. The number of aromatic hydroxyl groups is 1. The molecule has 1 aromatic heterocycles. The number of hydrogen-bond donors (Lipinski definition) is 3. The van der Waals surface area contributed by atoms with Crippen molar-refractivity contribution in [3.8, 4) is 11.5 Å². The predicted molar refractivity (Wildman–Crippen MR) is 159 cm³/mol. The van der Waals surface area contributed by atoms with Gasteiger partial charge in [0, 0.05) is 28.6 Å². The molecule has 3 N–H and O–H groups in total. The Bertz CT molecular complexity index is 1500. The lowest BCUT2D eigenvalue weighted by molar-refractivity contribution is -0.139. The van der Waals surface area contributed by atoms with Gasteiger partial charge in [-0.2, -0.15) is 0 Å². The minimum atomic E-state index is -1.09. The first-order chi connectivity index (χ1) is 18.2. The maximum atomic E-state index is 13.9. The van der Waals surface area contributed by atoms with Gasteiger partial charge in [-0.1, -0.05) is 13.3 Å². The number of rotatable bonds is 10. The summed E-state index contributed by atoms with van der Waals surface area (Å²) in [6.07, 6.45) is 2.33. The van der Waals surface area contributed by atoms with E-state index in [0.717, 1.165) is 12.8 Å². The Labute approximate surface area is 245 Å². The van der Waals surface area contributed by atoms with E-state index >= 15 is 0 Å². The van der Waals surface area contributed by atoms with Gasteiger partial charge in [-0.15, -0.1) is 0 Å². The highest BCUT2D eigenvalue weighted by Gasteiger charge is 2.24. The summed E-state index contributed by atoms with van der Waals surface area (Å²) in [7, 11) is 0. The number of phenols is 1. The van der Waals surface area contributed by atoms with Crippen molar-refractivity contribution in [2.75, 3.05) is 11.9 Å². The van der Waals surface area contributed by atoms with Crippen LogP contribution in [0.15, 0.2) is 59.0 Å². The Balaban J connectivity index is 1.72. The number of halogens is 2. The molecule has 0 spiro atoms. The number of aliphatic carboxylic acids is 1. The van der Waals surface area contributed by atoms with Crippen LogP contribution in [0.2, 0.25) is 0 Å². The third kappa shape index (κ3) is 6.29. The smallest absolute Gasteiger partial charge is 0.341 e. The summed E-state index contributed by atoms with van der Waals surface area (Å²) in [4.78, 5) is 37.5. The molecule has 196 valence electrons. The summed E-state index contributed by atoms with van der Waals surface area (Å²) < 4.78 is 12.7. The van der Waals surface area contributed by atoms with E-state index in [1.165, 1.54) is 24.3 Å². The van der Waals surface area contributed by atoms with Crippen molar-refractivity contribution in [3.05, 3.63) is 84.2 Å². The van der Waals surface area contributed by atoms with Gasteiger partial charge in [-0.3, -0.25) is 9.59 Å². The van der Waals surface area contributed by atoms with Crippen LogP contribution in [-0.2, 0) is 11.2 Å². The number of unbranched alkanes of at least 4 members (excludes halogenated alkanes) is 1. The average Bonchev–Trinajstić information content (AvgIpc) is 3.24. The van der Waals surface area contributed by atoms with Crippen LogP contribution >= 0.6 is 45.2 Å². The van der Waals surface area contributed by atoms with Gasteiger partial charge in [0.25, 0.3) is 5.91 Å². The van der Waals surface area contributed by atoms with E-state index in [-0.39, 0.29) is 17.4 Å². The Kier molecular flexibility index (Phi) is 8.92. The minimum Gasteiger partial charge on any atom is -0.508 e. The lowest BCUT2D eigenvalue weighted by Gasteiger charge is -2.11. The van der Waals surface area contributed by atoms with Gasteiger partial charge < -0.3 is 24.7 Å². The number of carbonyl (C=O) groups excluding carboxylic acids is 2. The number of hydrogen-bond acceptors (Lipinski definition) is 6. The molecular formula is C28H23I2NO7. The fourth-order valence-electron chi connectivity index (χ4n) is 3.91. The molecule has 8 nitrogen and oxygen atoms in total. The normalized spacial score (nSPS) is 10.9. The number of ether oxygens (including phenoxy) is 1. The average molecular weight is 739 g/mol. The first-order valence-corrected chi connectivity index (χ1v) is 13.9. The van der Waals surface area contributed by atoms with E-state index in [0.29, 0.717) is 58.4 Å². The Morgan fingerprint density at radius 3 is 2.29 bits per heavy atom. The number of anilines is 1. The minimum absolute atomic E-state index is 0.0648. The van der Waals surface area contributed by atoms with Crippen LogP contribution in [-0.4, -0.2) is 34.5 Å². The quantitative estimate of drug-likeness (QED) is 0.123. The molecule has 38 heavy (non-hydrogen) atoms. The van der Waals surface area contributed by atoms with Crippen molar-refractivity contribution in [1.29, 1.82) is 0 Å². The van der Waals surface area contributed by atoms with Crippen molar-refractivity contribution < 1.29 is 33.8 Å². The van der Waals surface area contributed by atoms with Crippen molar-refractivity contribution in [3.63, 3.8) is 0 Å². The maximum Gasteiger partial charge on any atom is 0.341 e. The summed E-state index contributed by atoms with van der Waals surface area (Å²) in [5.74, 6) is -0.631. The molecule has 10 heteroatoms. The molecule has 0 saturated heterocycles. The lowest BCUT2D eigenvalue weighted by atomic mass is 9.98. The maximum absolute atomic E-state index is 13.9. The van der Waals surface area contributed by atoms with Crippen molar-refractivity contribution in [2.24, 2.45) is 0 Å². The molecule has 0 atom stereocenters. The van der Waals surface area contributed by atoms with Crippen molar-refractivity contribution >= 4 is 79.5 Å². The predicted octanol–water partition coefficient (Wildman–Crippen LogP) is 6.64. The first kappa shape index (κ1) is 27.9. The summed E-state index contributed by atoms with van der Waals surface area (Å²) in [6, 6.07) is 14.4. The number of ketones is 1. The molecule has 0 fully saturated rings. The van der Waals surface area contributed by atoms with Gasteiger partial charge in [0.2, 0.25) is 0 Å². The van der Waals surface area contributed by atoms with Gasteiger partial charge >= 0.3 is 5.97 Å². The highest BCUT2D eigenvalue weighted by Crippen LogP contribution is 2.34. The molecule has 0 saturated carbocycles. The molecule has 0 unspecified atom stereocenters. The van der Waals surface area contributed by atoms with E-state index in [4.69, 9.17) is 14.3 Å². The molecule has 0 bridgehead atoms. The number of phenolic OH excluding ortho intramolecular Hbond substituents is 1. The molecule has 0 aliphatic rings. The van der Waals surface area contributed by atoms with Crippen LogP contribution in [0.5, 0.6) is 11.5 Å². The number of nitrogens with one attached hydrogen (secondary N) is 1. The van der Waals surface area contributed by atoms with Crippen LogP contribution in [0.1, 0.15) is 51.8 Å². The van der Waals surface area contributed by atoms with Gasteiger partial charge in [-0.05, 0) is 106 Å². The van der Waals surface area contributed by atoms with Crippen LogP contribution in [0.4, 0.5) is 5.69 Å². The molecule has 3 aromatic carbocycles. The fraction of sp³-hybridized carbons (Fsp3) is 0.179. The second-order valence-electron chi connectivity index (χ2n) is 8.50. The first-order valence-electron chi connectivity index (χ1n) is 11.7. The molecule has 1 heterocycles. The third-order valence-corrected chi connectivity index (χ3v) is 7.34. The van der Waals surface area contributed by atoms with E-state index in [2.05, 4.69) is 12.2 Å². The van der Waals surface area contributed by atoms with E-state index in [1.807, 2.05) is 45.2 Å². The summed E-state index contributed by atoms with van der Waals surface area (Å²) in [5.41, 5.74) is 2.26. The van der Waals surface area contributed by atoms with Gasteiger partial charge in [-0.25, -0.2) is 4.79 Å². The molecule has 0 aliphatic carbocycles. The molecule has 4 rings (SSSR count). The molecule has 1 amide bonds. The van der Waals surface area contributed by atoms with Crippen LogP contribution < -0.4 is 10.1 Å². The molecule has 4 aromatic rings. The Morgan fingerprint density at radius 1 is 0.974 bits per heavy atom. The molecule has 0 aliphatic heterocycles. The number of carboxylic acids is 1. The number of fused-ring (bicyclic) bond motifs is 1. The number of carbonyl (C=O) groups is 3. The van der Waals surface area contributed by atoms with E-state index in [1.54, 1.807) is 30.3 Å². The van der Waals surface area contributed by atoms with Crippen LogP contribution in [0.25, 0.3) is 11.0 Å².